The molecule has 30 heavy (non-hydrogen) atoms. The van der Waals surface area contributed by atoms with Gasteiger partial charge in [0.05, 0.1) is 32.0 Å². The van der Waals surface area contributed by atoms with Gasteiger partial charge in [0.15, 0.2) is 5.96 Å². The maximum atomic E-state index is 6.11. The Hall–Kier alpha value is -0.610. The predicted molar refractivity (Wildman–Crippen MR) is 132 cm³/mol. The van der Waals surface area contributed by atoms with Gasteiger partial charge < -0.3 is 24.4 Å². The number of hydrogen-bond donors (Lipinski definition) is 1. The van der Waals surface area contributed by atoms with E-state index < -0.39 is 0 Å². The summed E-state index contributed by atoms with van der Waals surface area (Å²) in [5.41, 5.74) is 1.09. The lowest BCUT2D eigenvalue weighted by Crippen LogP contribution is -2.48. The van der Waals surface area contributed by atoms with Crippen molar-refractivity contribution >= 4 is 41.5 Å². The third-order valence-corrected chi connectivity index (χ3v) is 5.67. The van der Waals surface area contributed by atoms with Crippen molar-refractivity contribution in [3.8, 4) is 0 Å². The van der Waals surface area contributed by atoms with Gasteiger partial charge in [0, 0.05) is 38.3 Å². The minimum atomic E-state index is 0. The van der Waals surface area contributed by atoms with Crippen molar-refractivity contribution in [2.45, 2.75) is 50.9 Å². The van der Waals surface area contributed by atoms with Crippen LogP contribution in [0.5, 0.6) is 0 Å². The van der Waals surface area contributed by atoms with E-state index in [9.17, 15) is 0 Å². The first kappa shape index (κ1) is 25.6. The van der Waals surface area contributed by atoms with E-state index in [-0.39, 0.29) is 24.0 Å². The second kappa shape index (κ2) is 14.5. The largest absolute Gasteiger partial charge is 0.376 e. The van der Waals surface area contributed by atoms with Crippen LogP contribution in [0.2, 0.25) is 5.02 Å². The van der Waals surface area contributed by atoms with Crippen LogP contribution in [0.15, 0.2) is 29.3 Å². The van der Waals surface area contributed by atoms with Gasteiger partial charge in [-0.15, -0.1) is 24.0 Å². The Bertz CT molecular complexity index is 636. The molecule has 1 unspecified atom stereocenters. The predicted octanol–water partition coefficient (Wildman–Crippen LogP) is 4.10. The van der Waals surface area contributed by atoms with Crippen LogP contribution in [0, 0.1) is 0 Å². The first-order valence-electron chi connectivity index (χ1n) is 10.8. The van der Waals surface area contributed by atoms with Crippen LogP contribution in [0.4, 0.5) is 0 Å². The molecule has 1 N–H and O–H groups in total. The molecule has 0 aliphatic carbocycles. The molecule has 2 fully saturated rings. The van der Waals surface area contributed by atoms with Crippen molar-refractivity contribution in [2.24, 2.45) is 4.99 Å². The molecule has 2 heterocycles. The minimum Gasteiger partial charge on any atom is -0.376 e. The van der Waals surface area contributed by atoms with Gasteiger partial charge in [-0.25, -0.2) is 0 Å². The van der Waals surface area contributed by atoms with E-state index in [1.54, 1.807) is 0 Å². The number of nitrogens with zero attached hydrogens (tertiary/aromatic N) is 2. The van der Waals surface area contributed by atoms with Crippen LogP contribution in [0.25, 0.3) is 0 Å². The smallest absolute Gasteiger partial charge is 0.193 e. The molecule has 1 atom stereocenters. The van der Waals surface area contributed by atoms with Crippen molar-refractivity contribution in [1.29, 1.82) is 0 Å². The Morgan fingerprint density at radius 2 is 2.10 bits per heavy atom. The van der Waals surface area contributed by atoms with Crippen LogP contribution < -0.4 is 5.32 Å². The topological polar surface area (TPSA) is 55.3 Å². The Morgan fingerprint density at radius 1 is 1.27 bits per heavy atom. The highest BCUT2D eigenvalue weighted by atomic mass is 127. The molecule has 2 saturated heterocycles. The summed E-state index contributed by atoms with van der Waals surface area (Å²) in [7, 11) is 1.83. The molecule has 6 nitrogen and oxygen atoms in total. The molecular weight excluding hydrogens is 517 g/mol. The average Bonchev–Trinajstić information content (AvgIpc) is 2.76. The van der Waals surface area contributed by atoms with Crippen molar-refractivity contribution < 1.29 is 14.2 Å². The van der Waals surface area contributed by atoms with Crippen LogP contribution in [-0.2, 0) is 20.8 Å². The van der Waals surface area contributed by atoms with Gasteiger partial charge in [-0.3, -0.25) is 4.99 Å². The van der Waals surface area contributed by atoms with Gasteiger partial charge in [-0.05, 0) is 49.8 Å². The zero-order chi connectivity index (χ0) is 20.3. The van der Waals surface area contributed by atoms with Crippen LogP contribution >= 0.6 is 35.6 Å². The van der Waals surface area contributed by atoms with Crippen molar-refractivity contribution in [3.63, 3.8) is 0 Å². The Morgan fingerprint density at radius 3 is 2.80 bits per heavy atom. The summed E-state index contributed by atoms with van der Waals surface area (Å²) < 4.78 is 17.6. The molecule has 1 aromatic rings. The highest BCUT2D eigenvalue weighted by Gasteiger charge is 2.23. The maximum Gasteiger partial charge on any atom is 0.193 e. The first-order valence-corrected chi connectivity index (χ1v) is 11.1. The Labute approximate surface area is 202 Å². The summed E-state index contributed by atoms with van der Waals surface area (Å²) in [4.78, 5) is 6.72. The van der Waals surface area contributed by atoms with E-state index in [1.807, 2.05) is 31.3 Å². The molecular formula is C22H35ClIN3O3. The summed E-state index contributed by atoms with van der Waals surface area (Å²) in [6.07, 6.45) is 6.26. The molecule has 3 rings (SSSR count). The number of aliphatic imine (C=N–C) groups is 1. The number of benzene rings is 1. The molecule has 8 heteroatoms. The summed E-state index contributed by atoms with van der Waals surface area (Å²) in [6.45, 7) is 5.45. The zero-order valence-electron chi connectivity index (χ0n) is 17.9. The van der Waals surface area contributed by atoms with Gasteiger partial charge >= 0.3 is 0 Å². The summed E-state index contributed by atoms with van der Waals surface area (Å²) in [6, 6.07) is 7.76. The standard InChI is InChI=1S/C22H34ClN3O3.HI/c1-24-22(25-10-14-27-16-18-5-4-6-19(23)15-18)26-11-8-20(9-12-26)29-17-21-7-2-3-13-28-21;/h4-6,15,20-21H,2-3,7-14,16-17H2,1H3,(H,24,25);1H. The van der Waals surface area contributed by atoms with Gasteiger partial charge in [0.2, 0.25) is 0 Å². The van der Waals surface area contributed by atoms with Crippen LogP contribution in [0.3, 0.4) is 0 Å². The molecule has 0 aromatic heterocycles. The number of likely N-dealkylation sites (tertiary alicyclic amines) is 1. The van der Waals surface area contributed by atoms with E-state index in [4.69, 9.17) is 25.8 Å². The van der Waals surface area contributed by atoms with Crippen LogP contribution in [-0.4, -0.2) is 69.6 Å². The number of hydrogen-bond acceptors (Lipinski definition) is 4. The molecule has 0 bridgehead atoms. The highest BCUT2D eigenvalue weighted by molar-refractivity contribution is 14.0. The van der Waals surface area contributed by atoms with E-state index in [0.29, 0.717) is 25.4 Å². The van der Waals surface area contributed by atoms with Crippen LogP contribution in [0.1, 0.15) is 37.7 Å². The number of nitrogens with one attached hydrogen (secondary N) is 1. The third kappa shape index (κ3) is 8.86. The molecule has 0 amide bonds. The fourth-order valence-electron chi connectivity index (χ4n) is 3.80. The lowest BCUT2D eigenvalue weighted by Gasteiger charge is -2.35. The Kier molecular flexibility index (Phi) is 12.4. The fraction of sp³-hybridized carbons (Fsp3) is 0.682. The highest BCUT2D eigenvalue weighted by Crippen LogP contribution is 2.18. The molecule has 0 spiro atoms. The Balaban J connectivity index is 0.00000320. The summed E-state index contributed by atoms with van der Waals surface area (Å²) in [5, 5.41) is 4.14. The fourth-order valence-corrected chi connectivity index (χ4v) is 4.01. The molecule has 0 saturated carbocycles. The zero-order valence-corrected chi connectivity index (χ0v) is 20.9. The van der Waals surface area contributed by atoms with Gasteiger partial charge in [0.25, 0.3) is 0 Å². The van der Waals surface area contributed by atoms with Crippen molar-refractivity contribution in [1.82, 2.24) is 10.2 Å². The van der Waals surface area contributed by atoms with Gasteiger partial charge in [0.1, 0.15) is 0 Å². The normalized spacial score (nSPS) is 20.7. The number of halogens is 2. The van der Waals surface area contributed by atoms with E-state index in [2.05, 4.69) is 15.2 Å². The van der Waals surface area contributed by atoms with E-state index >= 15 is 0 Å². The average molecular weight is 552 g/mol. The lowest BCUT2D eigenvalue weighted by atomic mass is 10.1. The molecule has 0 radical (unpaired) electrons. The maximum absolute atomic E-state index is 6.11. The number of guanidine groups is 1. The van der Waals surface area contributed by atoms with E-state index in [1.165, 1.54) is 12.8 Å². The second-order valence-electron chi connectivity index (χ2n) is 7.66. The molecule has 2 aliphatic rings. The number of piperidine rings is 1. The van der Waals surface area contributed by atoms with E-state index in [0.717, 1.165) is 68.7 Å². The van der Waals surface area contributed by atoms with Gasteiger partial charge in [-0.2, -0.15) is 0 Å². The quantitative estimate of drug-likeness (QED) is 0.228. The monoisotopic (exact) mass is 551 g/mol. The first-order chi connectivity index (χ1) is 14.2. The summed E-state index contributed by atoms with van der Waals surface area (Å²) >= 11 is 6.00. The second-order valence-corrected chi connectivity index (χ2v) is 8.10. The molecule has 170 valence electrons. The third-order valence-electron chi connectivity index (χ3n) is 5.43. The SMILES string of the molecule is CN=C(NCCOCc1cccc(Cl)c1)N1CCC(OCC2CCCCO2)CC1.I. The lowest BCUT2D eigenvalue weighted by molar-refractivity contribution is -0.0721. The van der Waals surface area contributed by atoms with Crippen molar-refractivity contribution in [3.05, 3.63) is 34.9 Å². The summed E-state index contributed by atoms with van der Waals surface area (Å²) in [5.74, 6) is 0.936. The van der Waals surface area contributed by atoms with Gasteiger partial charge in [-0.1, -0.05) is 23.7 Å². The van der Waals surface area contributed by atoms with Crippen molar-refractivity contribution in [2.75, 3.05) is 46.5 Å². The molecule has 2 aliphatic heterocycles. The minimum absolute atomic E-state index is 0. The number of ether oxygens (including phenoxy) is 3. The molecule has 1 aromatic carbocycles. The number of rotatable bonds is 8.